The van der Waals surface area contributed by atoms with E-state index < -0.39 is 28.5 Å². The Kier molecular flexibility index (Phi) is 11.0. The number of benzene rings is 3. The molecule has 3 rings (SSSR count). The van der Waals surface area contributed by atoms with Gasteiger partial charge in [0.2, 0.25) is 21.8 Å². The number of hydrogen-bond donors (Lipinski definition) is 1. The van der Waals surface area contributed by atoms with E-state index >= 15 is 0 Å². The second kappa shape index (κ2) is 14.2. The molecule has 3 aromatic carbocycles. The number of nitrogens with zero attached hydrogens (tertiary/aromatic N) is 2. The highest BCUT2D eigenvalue weighted by molar-refractivity contribution is 9.10. The first kappa shape index (κ1) is 31.0. The van der Waals surface area contributed by atoms with E-state index in [1.54, 1.807) is 19.1 Å². The van der Waals surface area contributed by atoms with Gasteiger partial charge in [-0.15, -0.1) is 0 Å². The molecule has 214 valence electrons. The summed E-state index contributed by atoms with van der Waals surface area (Å²) in [5.41, 5.74) is 1.82. The molecule has 0 aliphatic heterocycles. The molecule has 1 N–H and O–H groups in total. The van der Waals surface area contributed by atoms with Gasteiger partial charge in [0.15, 0.2) is 0 Å². The van der Waals surface area contributed by atoms with Crippen molar-refractivity contribution in [3.63, 3.8) is 0 Å². The molecule has 0 aromatic heterocycles. The van der Waals surface area contributed by atoms with Gasteiger partial charge in [-0.25, -0.2) is 8.42 Å². The smallest absolute Gasteiger partial charge is 0.244 e. The fraction of sp³-hybridized carbons (Fsp3) is 0.310. The number of methoxy groups -OCH3 is 2. The molecule has 1 atom stereocenters. The van der Waals surface area contributed by atoms with Gasteiger partial charge in [0.1, 0.15) is 24.1 Å². The summed E-state index contributed by atoms with van der Waals surface area (Å²) in [7, 11) is -1.04. The van der Waals surface area contributed by atoms with Crippen LogP contribution in [0.1, 0.15) is 18.1 Å². The predicted molar refractivity (Wildman–Crippen MR) is 159 cm³/mol. The summed E-state index contributed by atoms with van der Waals surface area (Å²) >= 11 is 3.46. The van der Waals surface area contributed by atoms with Crippen molar-refractivity contribution in [3.05, 3.63) is 88.4 Å². The average molecular weight is 633 g/mol. The van der Waals surface area contributed by atoms with Crippen LogP contribution in [0.2, 0.25) is 0 Å². The molecule has 0 saturated carbocycles. The lowest BCUT2D eigenvalue weighted by Gasteiger charge is -2.33. The van der Waals surface area contributed by atoms with E-state index in [1.165, 1.54) is 25.2 Å². The van der Waals surface area contributed by atoms with Gasteiger partial charge in [-0.2, -0.15) is 0 Å². The Hall–Kier alpha value is -3.57. The van der Waals surface area contributed by atoms with Crippen LogP contribution in [0, 0.1) is 0 Å². The summed E-state index contributed by atoms with van der Waals surface area (Å²) in [6, 6.07) is 20.6. The fourth-order valence-corrected chi connectivity index (χ4v) is 5.56. The molecule has 0 heterocycles. The van der Waals surface area contributed by atoms with Crippen molar-refractivity contribution in [2.24, 2.45) is 0 Å². The molecule has 0 unspecified atom stereocenters. The van der Waals surface area contributed by atoms with Gasteiger partial charge in [0, 0.05) is 30.0 Å². The van der Waals surface area contributed by atoms with Crippen LogP contribution in [0.4, 0.5) is 5.69 Å². The number of carbonyl (C=O) groups is 2. The standard InChI is InChI=1S/C29H34BrN3O6S/c1-5-31-29(35)26(17-21-10-7-6-8-11-21)32(19-22-12-9-13-23(30)16-22)28(34)20-33(40(4,36)37)25-15-14-24(38-2)18-27(25)39-3/h6-16,18,26H,5,17,19-20H2,1-4H3,(H,31,35)/t26-/m1/s1. The minimum absolute atomic E-state index is 0.0876. The zero-order valence-electron chi connectivity index (χ0n) is 23.0. The molecule has 2 amide bonds. The predicted octanol–water partition coefficient (Wildman–Crippen LogP) is 4.01. The van der Waals surface area contributed by atoms with Crippen LogP contribution >= 0.6 is 15.9 Å². The van der Waals surface area contributed by atoms with Gasteiger partial charge in [-0.3, -0.25) is 13.9 Å². The van der Waals surface area contributed by atoms with E-state index in [1.807, 2.05) is 54.6 Å². The molecule has 0 saturated heterocycles. The monoisotopic (exact) mass is 631 g/mol. The maximum atomic E-state index is 14.1. The van der Waals surface area contributed by atoms with Crippen LogP contribution in [-0.2, 0) is 32.6 Å². The molecule has 11 heteroatoms. The number of nitrogens with one attached hydrogen (secondary N) is 1. The van der Waals surface area contributed by atoms with Crippen LogP contribution in [0.25, 0.3) is 0 Å². The van der Waals surface area contributed by atoms with E-state index in [4.69, 9.17) is 9.47 Å². The number of carbonyl (C=O) groups excluding carboxylic acids is 2. The summed E-state index contributed by atoms with van der Waals surface area (Å²) < 4.78 is 38.5. The van der Waals surface area contributed by atoms with Crippen LogP contribution in [0.3, 0.4) is 0 Å². The Balaban J connectivity index is 2.08. The second-order valence-electron chi connectivity index (χ2n) is 9.06. The number of sulfonamides is 1. The molecule has 0 aliphatic carbocycles. The van der Waals surface area contributed by atoms with Gasteiger partial charge in [-0.05, 0) is 42.3 Å². The highest BCUT2D eigenvalue weighted by Gasteiger charge is 2.33. The first-order chi connectivity index (χ1) is 19.1. The Morgan fingerprint density at radius 1 is 0.950 bits per heavy atom. The van der Waals surface area contributed by atoms with Gasteiger partial charge in [0.25, 0.3) is 0 Å². The second-order valence-corrected chi connectivity index (χ2v) is 11.9. The molecular formula is C29H34BrN3O6S. The van der Waals surface area contributed by atoms with Gasteiger partial charge in [0.05, 0.1) is 26.2 Å². The van der Waals surface area contributed by atoms with E-state index in [0.29, 0.717) is 12.3 Å². The third-order valence-electron chi connectivity index (χ3n) is 6.20. The number of amides is 2. The highest BCUT2D eigenvalue weighted by atomic mass is 79.9. The molecule has 0 radical (unpaired) electrons. The molecule has 9 nitrogen and oxygen atoms in total. The van der Waals surface area contributed by atoms with Crippen molar-refractivity contribution in [1.82, 2.24) is 10.2 Å². The molecule has 0 bridgehead atoms. The van der Waals surface area contributed by atoms with Gasteiger partial charge < -0.3 is 19.7 Å². The van der Waals surface area contributed by atoms with Crippen molar-refractivity contribution in [2.45, 2.75) is 25.9 Å². The quantitative estimate of drug-likeness (QED) is 0.306. The third-order valence-corrected chi connectivity index (χ3v) is 7.82. The Morgan fingerprint density at radius 2 is 1.65 bits per heavy atom. The summed E-state index contributed by atoms with van der Waals surface area (Å²) in [5, 5.41) is 2.84. The summed E-state index contributed by atoms with van der Waals surface area (Å²) in [6.07, 6.45) is 1.27. The molecule has 40 heavy (non-hydrogen) atoms. The third kappa shape index (κ3) is 8.22. The number of anilines is 1. The topological polar surface area (TPSA) is 105 Å². The zero-order valence-corrected chi connectivity index (χ0v) is 25.4. The van der Waals surface area contributed by atoms with E-state index in [9.17, 15) is 18.0 Å². The molecule has 0 aliphatic rings. The summed E-state index contributed by atoms with van der Waals surface area (Å²) in [6.45, 7) is 1.73. The lowest BCUT2D eigenvalue weighted by atomic mass is 10.0. The SMILES string of the molecule is CCNC(=O)[C@@H](Cc1ccccc1)N(Cc1cccc(Br)c1)C(=O)CN(c1ccc(OC)cc1OC)S(C)(=O)=O. The number of halogens is 1. The number of hydrogen-bond acceptors (Lipinski definition) is 6. The normalized spacial score (nSPS) is 11.8. The van der Waals surface area contributed by atoms with Crippen molar-refractivity contribution >= 4 is 43.5 Å². The van der Waals surface area contributed by atoms with E-state index in [-0.39, 0.29) is 30.3 Å². The van der Waals surface area contributed by atoms with Crippen molar-refractivity contribution < 1.29 is 27.5 Å². The van der Waals surface area contributed by atoms with Crippen LogP contribution in [0.5, 0.6) is 11.5 Å². The Morgan fingerprint density at radius 3 is 2.25 bits per heavy atom. The first-order valence-electron chi connectivity index (χ1n) is 12.6. The molecular weight excluding hydrogens is 598 g/mol. The summed E-state index contributed by atoms with van der Waals surface area (Å²) in [4.78, 5) is 28.9. The lowest BCUT2D eigenvalue weighted by molar-refractivity contribution is -0.140. The minimum atomic E-state index is -3.94. The maximum absolute atomic E-state index is 14.1. The van der Waals surface area contributed by atoms with E-state index in [0.717, 1.165) is 26.2 Å². The Labute approximate surface area is 244 Å². The van der Waals surface area contributed by atoms with Gasteiger partial charge >= 0.3 is 0 Å². The first-order valence-corrected chi connectivity index (χ1v) is 15.3. The van der Waals surface area contributed by atoms with Crippen LogP contribution < -0.4 is 19.1 Å². The number of likely N-dealkylation sites (N-methyl/N-ethyl adjacent to an activating group) is 1. The van der Waals surface area contributed by atoms with Gasteiger partial charge in [-0.1, -0.05) is 58.4 Å². The number of rotatable bonds is 13. The van der Waals surface area contributed by atoms with Crippen molar-refractivity contribution in [3.8, 4) is 11.5 Å². The largest absolute Gasteiger partial charge is 0.497 e. The van der Waals surface area contributed by atoms with Crippen molar-refractivity contribution in [2.75, 3.05) is 37.9 Å². The van der Waals surface area contributed by atoms with Crippen LogP contribution in [0.15, 0.2) is 77.3 Å². The van der Waals surface area contributed by atoms with Crippen molar-refractivity contribution in [1.29, 1.82) is 0 Å². The molecule has 0 spiro atoms. The fourth-order valence-electron chi connectivity index (χ4n) is 4.26. The lowest BCUT2D eigenvalue weighted by Crippen LogP contribution is -2.53. The summed E-state index contributed by atoms with van der Waals surface area (Å²) in [5.74, 6) is -0.186. The zero-order chi connectivity index (χ0) is 29.3. The highest BCUT2D eigenvalue weighted by Crippen LogP contribution is 2.34. The van der Waals surface area contributed by atoms with Crippen LogP contribution in [-0.4, -0.2) is 64.7 Å². The maximum Gasteiger partial charge on any atom is 0.244 e. The average Bonchev–Trinajstić information content (AvgIpc) is 2.93. The van der Waals surface area contributed by atoms with E-state index in [2.05, 4.69) is 21.2 Å². The number of ether oxygens (including phenoxy) is 2. The minimum Gasteiger partial charge on any atom is -0.497 e. The molecule has 3 aromatic rings. The Bertz CT molecular complexity index is 1420. The molecule has 0 fully saturated rings.